The number of rotatable bonds is 3. The second-order valence-electron chi connectivity index (χ2n) is 2.93. The number of aliphatic imine (C=N–C) groups is 1. The molecule has 13 heavy (non-hydrogen) atoms. The largest absolute Gasteiger partial charge is 0.370 e. The maximum atomic E-state index is 11.3. The van der Waals surface area contributed by atoms with Gasteiger partial charge >= 0.3 is 0 Å². The van der Waals surface area contributed by atoms with E-state index in [4.69, 9.17) is 0 Å². The monoisotopic (exact) mass is 181 g/mol. The molecule has 1 rings (SSSR count). The Bertz CT molecular complexity index is 256. The molecular weight excluding hydrogens is 166 g/mol. The van der Waals surface area contributed by atoms with Gasteiger partial charge in [-0.15, -0.1) is 0 Å². The highest BCUT2D eigenvalue weighted by atomic mass is 16.2. The van der Waals surface area contributed by atoms with Crippen molar-refractivity contribution >= 4 is 12.1 Å². The summed E-state index contributed by atoms with van der Waals surface area (Å²) < 4.78 is 0. The molecule has 2 N–H and O–H groups in total. The molecule has 0 aromatic rings. The highest BCUT2D eigenvalue weighted by Gasteiger charge is 2.14. The number of unbranched alkanes of at least 4 members (excludes halogenated alkanes) is 1. The van der Waals surface area contributed by atoms with Gasteiger partial charge in [-0.25, -0.2) is 0 Å². The van der Waals surface area contributed by atoms with E-state index in [2.05, 4.69) is 22.5 Å². The van der Waals surface area contributed by atoms with Crippen LogP contribution in [-0.2, 0) is 4.79 Å². The van der Waals surface area contributed by atoms with Crippen molar-refractivity contribution in [1.82, 2.24) is 10.6 Å². The van der Waals surface area contributed by atoms with Gasteiger partial charge in [0.1, 0.15) is 5.70 Å². The van der Waals surface area contributed by atoms with Crippen LogP contribution < -0.4 is 10.6 Å². The predicted molar refractivity (Wildman–Crippen MR) is 52.2 cm³/mol. The smallest absolute Gasteiger partial charge is 0.273 e. The van der Waals surface area contributed by atoms with Crippen LogP contribution in [0.5, 0.6) is 0 Å². The summed E-state index contributed by atoms with van der Waals surface area (Å²) in [7, 11) is 0. The molecule has 1 amide bonds. The van der Waals surface area contributed by atoms with E-state index in [1.54, 1.807) is 6.21 Å². The van der Waals surface area contributed by atoms with Crippen LogP contribution >= 0.6 is 0 Å². The third-order valence-electron chi connectivity index (χ3n) is 1.81. The second kappa shape index (κ2) is 4.64. The number of carbonyl (C=O) groups excluding carboxylic acids is 1. The highest BCUT2D eigenvalue weighted by molar-refractivity contribution is 5.95. The first kappa shape index (κ1) is 9.77. The number of nitrogens with zero attached hydrogens (tertiary/aromatic N) is 1. The minimum absolute atomic E-state index is 0.0939. The zero-order valence-corrected chi connectivity index (χ0v) is 8.05. The first-order valence-electron chi connectivity index (χ1n) is 4.51. The molecule has 4 heteroatoms. The van der Waals surface area contributed by atoms with Gasteiger partial charge in [0.15, 0.2) is 0 Å². The van der Waals surface area contributed by atoms with Gasteiger partial charge in [-0.1, -0.05) is 13.3 Å². The molecule has 0 bridgehead atoms. The minimum atomic E-state index is -0.0939. The van der Waals surface area contributed by atoms with Gasteiger partial charge in [0.25, 0.3) is 5.91 Å². The SMILES string of the molecule is CCCC=NC1=C(C)NCNC1=O. The Balaban J connectivity index is 2.68. The molecule has 0 radical (unpaired) electrons. The Kier molecular flexibility index (Phi) is 3.49. The first-order chi connectivity index (χ1) is 6.25. The van der Waals surface area contributed by atoms with Gasteiger partial charge in [-0.3, -0.25) is 9.79 Å². The fourth-order valence-corrected chi connectivity index (χ4v) is 1.04. The van der Waals surface area contributed by atoms with E-state index < -0.39 is 0 Å². The van der Waals surface area contributed by atoms with E-state index in [1.807, 2.05) is 6.92 Å². The zero-order valence-electron chi connectivity index (χ0n) is 8.05. The molecule has 0 spiro atoms. The number of nitrogens with one attached hydrogen (secondary N) is 2. The highest BCUT2D eigenvalue weighted by Crippen LogP contribution is 2.05. The molecule has 0 unspecified atom stereocenters. The van der Waals surface area contributed by atoms with E-state index in [0.29, 0.717) is 12.4 Å². The Labute approximate surface area is 78.1 Å². The Morgan fingerprint density at radius 1 is 1.54 bits per heavy atom. The number of carbonyl (C=O) groups is 1. The van der Waals surface area contributed by atoms with Gasteiger partial charge in [0, 0.05) is 11.9 Å². The standard InChI is InChI=1S/C9H15N3O/c1-3-4-5-10-8-7(2)11-6-12-9(8)13/h5,11H,3-4,6H2,1-2H3,(H,12,13). The topological polar surface area (TPSA) is 53.5 Å². The van der Waals surface area contributed by atoms with Crippen LogP contribution in [0.2, 0.25) is 0 Å². The van der Waals surface area contributed by atoms with Gasteiger partial charge in [-0.05, 0) is 13.3 Å². The van der Waals surface area contributed by atoms with Crippen LogP contribution in [0.1, 0.15) is 26.7 Å². The van der Waals surface area contributed by atoms with Gasteiger partial charge < -0.3 is 10.6 Å². The first-order valence-corrected chi connectivity index (χ1v) is 4.51. The van der Waals surface area contributed by atoms with Crippen molar-refractivity contribution in [3.05, 3.63) is 11.4 Å². The van der Waals surface area contributed by atoms with Crippen molar-refractivity contribution in [2.24, 2.45) is 4.99 Å². The van der Waals surface area contributed by atoms with Crippen LogP contribution in [0, 0.1) is 0 Å². The summed E-state index contributed by atoms with van der Waals surface area (Å²) in [6, 6.07) is 0. The maximum Gasteiger partial charge on any atom is 0.273 e. The van der Waals surface area contributed by atoms with E-state index >= 15 is 0 Å². The van der Waals surface area contributed by atoms with Gasteiger partial charge in [-0.2, -0.15) is 0 Å². The van der Waals surface area contributed by atoms with Crippen LogP contribution in [0.25, 0.3) is 0 Å². The molecular formula is C9H15N3O. The van der Waals surface area contributed by atoms with Crippen LogP contribution in [0.15, 0.2) is 16.4 Å². The van der Waals surface area contributed by atoms with Crippen molar-refractivity contribution in [1.29, 1.82) is 0 Å². The Morgan fingerprint density at radius 2 is 2.31 bits per heavy atom. The fourth-order valence-electron chi connectivity index (χ4n) is 1.04. The molecule has 0 aromatic carbocycles. The van der Waals surface area contributed by atoms with Crippen molar-refractivity contribution in [3.63, 3.8) is 0 Å². The molecule has 1 aliphatic heterocycles. The summed E-state index contributed by atoms with van der Waals surface area (Å²) >= 11 is 0. The van der Waals surface area contributed by atoms with Crippen molar-refractivity contribution in [3.8, 4) is 0 Å². The predicted octanol–water partition coefficient (Wildman–Crippen LogP) is 0.766. The molecule has 72 valence electrons. The number of amides is 1. The average Bonchev–Trinajstić information content (AvgIpc) is 2.10. The van der Waals surface area contributed by atoms with E-state index in [1.165, 1.54) is 0 Å². The molecule has 4 nitrogen and oxygen atoms in total. The molecule has 1 aliphatic rings. The number of allylic oxidation sites excluding steroid dienone is 1. The molecule has 0 aromatic heterocycles. The lowest BCUT2D eigenvalue weighted by atomic mass is 10.3. The minimum Gasteiger partial charge on any atom is -0.370 e. The molecule has 0 saturated heterocycles. The normalized spacial score (nSPS) is 17.5. The summed E-state index contributed by atoms with van der Waals surface area (Å²) in [6.45, 7) is 4.43. The van der Waals surface area contributed by atoms with Crippen LogP contribution in [0.4, 0.5) is 0 Å². The third kappa shape index (κ3) is 2.57. The summed E-state index contributed by atoms with van der Waals surface area (Å²) in [5.74, 6) is -0.0939. The summed E-state index contributed by atoms with van der Waals surface area (Å²) in [4.78, 5) is 15.4. The molecule has 1 heterocycles. The third-order valence-corrected chi connectivity index (χ3v) is 1.81. The summed E-state index contributed by atoms with van der Waals surface area (Å²) in [5, 5.41) is 5.69. The summed E-state index contributed by atoms with van der Waals surface area (Å²) in [5.41, 5.74) is 1.34. The second-order valence-corrected chi connectivity index (χ2v) is 2.93. The number of hydrogen-bond acceptors (Lipinski definition) is 3. The number of hydrogen-bond donors (Lipinski definition) is 2. The summed E-state index contributed by atoms with van der Waals surface area (Å²) in [6.07, 6.45) is 3.74. The zero-order chi connectivity index (χ0) is 9.68. The molecule has 0 fully saturated rings. The molecule has 0 saturated carbocycles. The quantitative estimate of drug-likeness (QED) is 0.632. The van der Waals surface area contributed by atoms with Crippen LogP contribution in [-0.4, -0.2) is 18.8 Å². The van der Waals surface area contributed by atoms with Gasteiger partial charge in [0.05, 0.1) is 6.67 Å². The molecule has 0 aliphatic carbocycles. The Hall–Kier alpha value is -1.32. The van der Waals surface area contributed by atoms with Crippen molar-refractivity contribution < 1.29 is 4.79 Å². The molecule has 0 atom stereocenters. The lowest BCUT2D eigenvalue weighted by Gasteiger charge is -2.16. The Morgan fingerprint density at radius 3 is 2.92 bits per heavy atom. The van der Waals surface area contributed by atoms with Gasteiger partial charge in [0.2, 0.25) is 0 Å². The lowest BCUT2D eigenvalue weighted by molar-refractivity contribution is -0.118. The maximum absolute atomic E-state index is 11.3. The van der Waals surface area contributed by atoms with Crippen molar-refractivity contribution in [2.75, 3.05) is 6.67 Å². The average molecular weight is 181 g/mol. The lowest BCUT2D eigenvalue weighted by Crippen LogP contribution is -2.39. The van der Waals surface area contributed by atoms with Crippen LogP contribution in [0.3, 0.4) is 0 Å². The van der Waals surface area contributed by atoms with E-state index in [9.17, 15) is 4.79 Å². The van der Waals surface area contributed by atoms with E-state index in [0.717, 1.165) is 18.5 Å². The van der Waals surface area contributed by atoms with E-state index in [-0.39, 0.29) is 5.91 Å². The fraction of sp³-hybridized carbons (Fsp3) is 0.556. The van der Waals surface area contributed by atoms with Crippen molar-refractivity contribution in [2.45, 2.75) is 26.7 Å².